The molecule has 0 bridgehead atoms. The molecule has 0 spiro atoms. The zero-order valence-corrected chi connectivity index (χ0v) is 12.3. The summed E-state index contributed by atoms with van der Waals surface area (Å²) in [5, 5.41) is 0. The first kappa shape index (κ1) is 14.9. The molecule has 1 atom stereocenters. The molecule has 0 saturated heterocycles. The third-order valence-corrected chi connectivity index (χ3v) is 3.07. The van der Waals surface area contributed by atoms with E-state index in [1.165, 1.54) is 0 Å². The van der Waals surface area contributed by atoms with Gasteiger partial charge in [0.25, 0.3) is 0 Å². The van der Waals surface area contributed by atoms with Crippen molar-refractivity contribution in [2.45, 2.75) is 13.0 Å². The topological polar surface area (TPSA) is 44.8 Å². The van der Waals surface area contributed by atoms with Gasteiger partial charge in [-0.15, -0.1) is 0 Å². The number of carbonyl (C=O) groups excluding carboxylic acids is 1. The first-order chi connectivity index (χ1) is 10.1. The molecular weight excluding hydrogens is 268 g/mol. The number of methoxy groups -OCH3 is 2. The lowest BCUT2D eigenvalue weighted by Crippen LogP contribution is -2.23. The van der Waals surface area contributed by atoms with Crippen molar-refractivity contribution in [3.63, 3.8) is 0 Å². The van der Waals surface area contributed by atoms with Crippen LogP contribution in [0.3, 0.4) is 0 Å². The standard InChI is InChI=1S/C17H18O4/c1-12(17(18)13-7-5-4-6-8-13)21-16-10-14(19-2)9-15(11-16)20-3/h4-12H,1-3H3. The van der Waals surface area contributed by atoms with Gasteiger partial charge in [-0.25, -0.2) is 0 Å². The summed E-state index contributed by atoms with van der Waals surface area (Å²) in [7, 11) is 3.13. The number of rotatable bonds is 6. The van der Waals surface area contributed by atoms with Gasteiger partial charge in [0.05, 0.1) is 14.2 Å². The van der Waals surface area contributed by atoms with Crippen LogP contribution in [0.15, 0.2) is 48.5 Å². The predicted molar refractivity (Wildman–Crippen MR) is 80.4 cm³/mol. The van der Waals surface area contributed by atoms with E-state index >= 15 is 0 Å². The number of carbonyl (C=O) groups is 1. The van der Waals surface area contributed by atoms with Crippen LogP contribution in [0.5, 0.6) is 17.2 Å². The largest absolute Gasteiger partial charge is 0.496 e. The molecule has 0 saturated carbocycles. The maximum Gasteiger partial charge on any atom is 0.202 e. The van der Waals surface area contributed by atoms with Gasteiger partial charge >= 0.3 is 0 Å². The summed E-state index contributed by atoms with van der Waals surface area (Å²) in [5.41, 5.74) is 0.625. The van der Waals surface area contributed by atoms with E-state index in [1.807, 2.05) is 18.2 Å². The second kappa shape index (κ2) is 6.79. The Morgan fingerprint density at radius 2 is 1.43 bits per heavy atom. The Labute approximate surface area is 124 Å². The van der Waals surface area contributed by atoms with E-state index in [0.29, 0.717) is 22.8 Å². The zero-order chi connectivity index (χ0) is 15.2. The van der Waals surface area contributed by atoms with Crippen LogP contribution in [0.25, 0.3) is 0 Å². The Morgan fingerprint density at radius 3 is 1.95 bits per heavy atom. The van der Waals surface area contributed by atoms with Gasteiger partial charge < -0.3 is 14.2 Å². The number of benzene rings is 2. The summed E-state index contributed by atoms with van der Waals surface area (Å²) < 4.78 is 16.1. The minimum Gasteiger partial charge on any atom is -0.496 e. The van der Waals surface area contributed by atoms with E-state index in [0.717, 1.165) is 0 Å². The average molecular weight is 286 g/mol. The molecular formula is C17H18O4. The van der Waals surface area contributed by atoms with Gasteiger partial charge in [-0.2, -0.15) is 0 Å². The normalized spacial score (nSPS) is 11.6. The lowest BCUT2D eigenvalue weighted by molar-refractivity contribution is 0.0817. The Hall–Kier alpha value is -2.49. The minimum atomic E-state index is -0.593. The highest BCUT2D eigenvalue weighted by Crippen LogP contribution is 2.28. The Balaban J connectivity index is 2.15. The van der Waals surface area contributed by atoms with E-state index < -0.39 is 6.10 Å². The molecule has 21 heavy (non-hydrogen) atoms. The van der Waals surface area contributed by atoms with Gasteiger partial charge in [-0.1, -0.05) is 30.3 Å². The number of ether oxygens (including phenoxy) is 3. The molecule has 2 aromatic carbocycles. The molecule has 1 unspecified atom stereocenters. The molecule has 0 heterocycles. The van der Waals surface area contributed by atoms with Gasteiger partial charge in [0.2, 0.25) is 5.78 Å². The highest BCUT2D eigenvalue weighted by molar-refractivity contribution is 5.99. The molecule has 0 amide bonds. The van der Waals surface area contributed by atoms with Crippen molar-refractivity contribution >= 4 is 5.78 Å². The molecule has 0 radical (unpaired) electrons. The quantitative estimate of drug-likeness (QED) is 0.764. The monoisotopic (exact) mass is 286 g/mol. The molecule has 2 rings (SSSR count). The molecule has 0 aliphatic rings. The van der Waals surface area contributed by atoms with Crippen LogP contribution in [0.4, 0.5) is 0 Å². The van der Waals surface area contributed by atoms with Crippen molar-refractivity contribution in [3.05, 3.63) is 54.1 Å². The van der Waals surface area contributed by atoms with Gasteiger partial charge in [-0.3, -0.25) is 4.79 Å². The SMILES string of the molecule is COc1cc(OC)cc(OC(C)C(=O)c2ccccc2)c1. The molecule has 0 aliphatic carbocycles. The summed E-state index contributed by atoms with van der Waals surface area (Å²) in [6.07, 6.45) is -0.593. The first-order valence-corrected chi connectivity index (χ1v) is 6.63. The highest BCUT2D eigenvalue weighted by atomic mass is 16.5. The van der Waals surface area contributed by atoms with Crippen LogP contribution in [0, 0.1) is 0 Å². The minimum absolute atomic E-state index is 0.0719. The maximum atomic E-state index is 12.3. The maximum absolute atomic E-state index is 12.3. The van der Waals surface area contributed by atoms with Crippen LogP contribution >= 0.6 is 0 Å². The summed E-state index contributed by atoms with van der Waals surface area (Å²) >= 11 is 0. The molecule has 0 aliphatic heterocycles. The summed E-state index contributed by atoms with van der Waals surface area (Å²) in [6.45, 7) is 1.72. The van der Waals surface area contributed by atoms with Crippen LogP contribution in [-0.2, 0) is 0 Å². The second-order valence-corrected chi connectivity index (χ2v) is 4.54. The van der Waals surface area contributed by atoms with Gasteiger partial charge in [-0.05, 0) is 6.92 Å². The fourth-order valence-corrected chi connectivity index (χ4v) is 1.94. The van der Waals surface area contributed by atoms with Crippen molar-refractivity contribution in [3.8, 4) is 17.2 Å². The van der Waals surface area contributed by atoms with E-state index in [1.54, 1.807) is 51.5 Å². The fraction of sp³-hybridized carbons (Fsp3) is 0.235. The molecule has 0 aromatic heterocycles. The predicted octanol–water partition coefficient (Wildman–Crippen LogP) is 3.35. The van der Waals surface area contributed by atoms with Crippen molar-refractivity contribution < 1.29 is 19.0 Å². The first-order valence-electron chi connectivity index (χ1n) is 6.63. The number of hydrogen-bond acceptors (Lipinski definition) is 4. The van der Waals surface area contributed by atoms with Crippen LogP contribution < -0.4 is 14.2 Å². The molecule has 110 valence electrons. The van der Waals surface area contributed by atoms with E-state index in [4.69, 9.17) is 14.2 Å². The fourth-order valence-electron chi connectivity index (χ4n) is 1.94. The average Bonchev–Trinajstić information content (AvgIpc) is 2.54. The van der Waals surface area contributed by atoms with Crippen LogP contribution in [0.2, 0.25) is 0 Å². The van der Waals surface area contributed by atoms with Crippen LogP contribution in [0.1, 0.15) is 17.3 Å². The van der Waals surface area contributed by atoms with Crippen molar-refractivity contribution in [2.75, 3.05) is 14.2 Å². The summed E-state index contributed by atoms with van der Waals surface area (Å²) in [5.74, 6) is 1.69. The van der Waals surface area contributed by atoms with E-state index in [-0.39, 0.29) is 5.78 Å². The second-order valence-electron chi connectivity index (χ2n) is 4.54. The highest BCUT2D eigenvalue weighted by Gasteiger charge is 2.17. The Kier molecular flexibility index (Phi) is 4.82. The van der Waals surface area contributed by atoms with Crippen molar-refractivity contribution in [1.82, 2.24) is 0 Å². The lowest BCUT2D eigenvalue weighted by atomic mass is 10.1. The Bertz CT molecular complexity index is 585. The van der Waals surface area contributed by atoms with E-state index in [2.05, 4.69) is 0 Å². The van der Waals surface area contributed by atoms with Crippen molar-refractivity contribution in [1.29, 1.82) is 0 Å². The molecule has 0 N–H and O–H groups in total. The molecule has 0 fully saturated rings. The number of ketones is 1. The van der Waals surface area contributed by atoms with E-state index in [9.17, 15) is 4.79 Å². The van der Waals surface area contributed by atoms with Gasteiger partial charge in [0.1, 0.15) is 17.2 Å². The summed E-state index contributed by atoms with van der Waals surface area (Å²) in [6, 6.07) is 14.3. The molecule has 2 aromatic rings. The zero-order valence-electron chi connectivity index (χ0n) is 12.3. The lowest BCUT2D eigenvalue weighted by Gasteiger charge is -2.15. The smallest absolute Gasteiger partial charge is 0.202 e. The van der Waals surface area contributed by atoms with Gasteiger partial charge in [0.15, 0.2) is 6.10 Å². The van der Waals surface area contributed by atoms with Crippen molar-refractivity contribution in [2.24, 2.45) is 0 Å². The molecule has 4 nitrogen and oxygen atoms in total. The summed E-state index contributed by atoms with van der Waals surface area (Å²) in [4.78, 5) is 12.3. The van der Waals surface area contributed by atoms with Crippen LogP contribution in [-0.4, -0.2) is 26.1 Å². The third kappa shape index (κ3) is 3.75. The Morgan fingerprint density at radius 1 is 0.905 bits per heavy atom. The third-order valence-electron chi connectivity index (χ3n) is 3.07. The molecule has 4 heteroatoms. The number of hydrogen-bond donors (Lipinski definition) is 0. The van der Waals surface area contributed by atoms with Gasteiger partial charge in [0, 0.05) is 23.8 Å². The number of Topliss-reactive ketones (excluding diaryl/α,β-unsaturated/α-hetero) is 1.